The van der Waals surface area contributed by atoms with Crippen molar-refractivity contribution in [2.24, 2.45) is 4.99 Å². The summed E-state index contributed by atoms with van der Waals surface area (Å²) in [5.41, 5.74) is 3.48. The van der Waals surface area contributed by atoms with Gasteiger partial charge in [-0.3, -0.25) is 4.79 Å². The quantitative estimate of drug-likeness (QED) is 0.805. The van der Waals surface area contributed by atoms with Crippen LogP contribution in [0.3, 0.4) is 0 Å². The van der Waals surface area contributed by atoms with Crippen molar-refractivity contribution in [1.29, 1.82) is 0 Å². The predicted octanol–water partition coefficient (Wildman–Crippen LogP) is 1.89. The second kappa shape index (κ2) is 4.86. The Labute approximate surface area is 121 Å². The van der Waals surface area contributed by atoms with Crippen LogP contribution in [0.5, 0.6) is 0 Å². The van der Waals surface area contributed by atoms with E-state index in [0.717, 1.165) is 35.7 Å². The van der Waals surface area contributed by atoms with Gasteiger partial charge in [-0.1, -0.05) is 11.6 Å². The van der Waals surface area contributed by atoms with Crippen molar-refractivity contribution in [2.75, 3.05) is 18.0 Å². The first kappa shape index (κ1) is 13.1. The first-order chi connectivity index (χ1) is 9.52. The number of amides is 1. The number of anilines is 1. The summed E-state index contributed by atoms with van der Waals surface area (Å²) >= 11 is 6.06. The summed E-state index contributed by atoms with van der Waals surface area (Å²) in [7, 11) is 0. The van der Waals surface area contributed by atoms with Crippen LogP contribution < -0.4 is 4.90 Å². The SMILES string of the molecule is CC(=O)N=C1CCN(c2cc(Cl)nn3cc(C)nc23)C1. The van der Waals surface area contributed by atoms with Crippen LogP contribution >= 0.6 is 11.6 Å². The molecule has 0 radical (unpaired) electrons. The van der Waals surface area contributed by atoms with E-state index in [1.54, 1.807) is 10.6 Å². The molecule has 1 aliphatic heterocycles. The fourth-order valence-electron chi connectivity index (χ4n) is 2.44. The molecule has 2 aromatic heterocycles. The first-order valence-electron chi connectivity index (χ1n) is 6.37. The molecular weight excluding hydrogens is 278 g/mol. The standard InChI is InChI=1S/C13H14ClN5O/c1-8-6-19-13(15-8)11(5-12(14)17-19)18-4-3-10(7-18)16-9(2)20/h5-6H,3-4,7H2,1-2H3. The van der Waals surface area contributed by atoms with Gasteiger partial charge >= 0.3 is 0 Å². The van der Waals surface area contributed by atoms with E-state index in [0.29, 0.717) is 11.7 Å². The van der Waals surface area contributed by atoms with Crippen molar-refractivity contribution in [1.82, 2.24) is 14.6 Å². The van der Waals surface area contributed by atoms with Crippen LogP contribution in [0.1, 0.15) is 19.0 Å². The van der Waals surface area contributed by atoms with Crippen LogP contribution in [0.2, 0.25) is 5.15 Å². The summed E-state index contributed by atoms with van der Waals surface area (Å²) in [6.45, 7) is 4.81. The lowest BCUT2D eigenvalue weighted by Gasteiger charge is -2.17. The van der Waals surface area contributed by atoms with Crippen molar-refractivity contribution < 1.29 is 4.79 Å². The van der Waals surface area contributed by atoms with Gasteiger partial charge in [-0.15, -0.1) is 0 Å². The molecule has 0 spiro atoms. The molecule has 3 rings (SSSR count). The minimum atomic E-state index is -0.156. The molecule has 0 atom stereocenters. The number of carbonyl (C=O) groups is 1. The van der Waals surface area contributed by atoms with Gasteiger partial charge in [0.2, 0.25) is 5.91 Å². The fraction of sp³-hybridized carbons (Fsp3) is 0.385. The molecule has 2 aromatic rings. The van der Waals surface area contributed by atoms with E-state index in [1.807, 2.05) is 13.1 Å². The van der Waals surface area contributed by atoms with E-state index in [9.17, 15) is 4.79 Å². The first-order valence-corrected chi connectivity index (χ1v) is 6.75. The molecule has 1 aliphatic rings. The van der Waals surface area contributed by atoms with Crippen LogP contribution in [0.15, 0.2) is 17.3 Å². The number of nitrogens with zero attached hydrogens (tertiary/aromatic N) is 5. The Morgan fingerprint density at radius 3 is 3.05 bits per heavy atom. The summed E-state index contributed by atoms with van der Waals surface area (Å²) < 4.78 is 1.69. The van der Waals surface area contributed by atoms with Gasteiger partial charge in [0.15, 0.2) is 10.8 Å². The lowest BCUT2D eigenvalue weighted by atomic mass is 10.3. The average molecular weight is 292 g/mol. The van der Waals surface area contributed by atoms with Crippen molar-refractivity contribution in [3.8, 4) is 0 Å². The van der Waals surface area contributed by atoms with Crippen LogP contribution in [-0.4, -0.2) is 39.3 Å². The molecule has 0 aliphatic carbocycles. The number of hydrogen-bond donors (Lipinski definition) is 0. The summed E-state index contributed by atoms with van der Waals surface area (Å²) in [6.07, 6.45) is 2.62. The molecule has 1 amide bonds. The smallest absolute Gasteiger partial charge is 0.242 e. The Morgan fingerprint density at radius 2 is 2.30 bits per heavy atom. The summed E-state index contributed by atoms with van der Waals surface area (Å²) in [5.74, 6) is -0.156. The Hall–Kier alpha value is -1.95. The van der Waals surface area contributed by atoms with Crippen molar-refractivity contribution in [3.05, 3.63) is 23.1 Å². The Morgan fingerprint density at radius 1 is 1.50 bits per heavy atom. The number of aryl methyl sites for hydroxylation is 1. The predicted molar refractivity (Wildman–Crippen MR) is 77.7 cm³/mol. The molecule has 0 bridgehead atoms. The summed E-state index contributed by atoms with van der Waals surface area (Å²) in [4.78, 5) is 21.7. The normalized spacial score (nSPS) is 17.4. The van der Waals surface area contributed by atoms with Crippen LogP contribution in [0.4, 0.5) is 5.69 Å². The zero-order valence-corrected chi connectivity index (χ0v) is 12.1. The molecular formula is C13H14ClN5O. The summed E-state index contributed by atoms with van der Waals surface area (Å²) in [6, 6.07) is 1.81. The minimum absolute atomic E-state index is 0.156. The van der Waals surface area contributed by atoms with Crippen LogP contribution in [0, 0.1) is 6.92 Å². The maximum absolute atomic E-state index is 11.1. The highest BCUT2D eigenvalue weighted by molar-refractivity contribution is 6.29. The largest absolute Gasteiger partial charge is 0.362 e. The van der Waals surface area contributed by atoms with E-state index in [-0.39, 0.29) is 5.91 Å². The molecule has 1 saturated heterocycles. The zero-order chi connectivity index (χ0) is 14.3. The third kappa shape index (κ3) is 2.38. The molecule has 20 heavy (non-hydrogen) atoms. The van der Waals surface area contributed by atoms with Crippen molar-refractivity contribution >= 4 is 34.6 Å². The number of aliphatic imine (C=N–C) groups is 1. The molecule has 6 nitrogen and oxygen atoms in total. The highest BCUT2D eigenvalue weighted by atomic mass is 35.5. The van der Waals surface area contributed by atoms with Gasteiger partial charge in [-0.25, -0.2) is 14.5 Å². The number of fused-ring (bicyclic) bond motifs is 1. The Balaban J connectivity index is 2.01. The molecule has 0 unspecified atom stereocenters. The van der Waals surface area contributed by atoms with E-state index in [4.69, 9.17) is 11.6 Å². The maximum Gasteiger partial charge on any atom is 0.242 e. The second-order valence-electron chi connectivity index (χ2n) is 4.87. The maximum atomic E-state index is 11.1. The second-order valence-corrected chi connectivity index (χ2v) is 5.26. The van der Waals surface area contributed by atoms with Gasteiger partial charge in [-0.05, 0) is 6.92 Å². The van der Waals surface area contributed by atoms with Gasteiger partial charge in [0.25, 0.3) is 0 Å². The van der Waals surface area contributed by atoms with Gasteiger partial charge in [-0.2, -0.15) is 5.10 Å². The zero-order valence-electron chi connectivity index (χ0n) is 11.3. The van der Waals surface area contributed by atoms with E-state index >= 15 is 0 Å². The van der Waals surface area contributed by atoms with Crippen LogP contribution in [0.25, 0.3) is 5.65 Å². The number of rotatable bonds is 1. The fourth-order valence-corrected chi connectivity index (χ4v) is 2.62. The van der Waals surface area contributed by atoms with E-state index < -0.39 is 0 Å². The number of hydrogen-bond acceptors (Lipinski definition) is 4. The lowest BCUT2D eigenvalue weighted by molar-refractivity contribution is -0.115. The minimum Gasteiger partial charge on any atom is -0.362 e. The van der Waals surface area contributed by atoms with E-state index in [1.165, 1.54) is 6.92 Å². The van der Waals surface area contributed by atoms with Crippen molar-refractivity contribution in [3.63, 3.8) is 0 Å². The molecule has 7 heteroatoms. The van der Waals surface area contributed by atoms with Gasteiger partial charge in [0.05, 0.1) is 24.1 Å². The molecule has 3 heterocycles. The van der Waals surface area contributed by atoms with E-state index in [2.05, 4.69) is 20.0 Å². The molecule has 0 saturated carbocycles. The number of halogens is 1. The highest BCUT2D eigenvalue weighted by Crippen LogP contribution is 2.26. The third-order valence-corrected chi connectivity index (χ3v) is 3.38. The lowest BCUT2D eigenvalue weighted by Crippen LogP contribution is -2.21. The topological polar surface area (TPSA) is 62.9 Å². The Bertz CT molecular complexity index is 721. The highest BCUT2D eigenvalue weighted by Gasteiger charge is 2.22. The number of imidazole rings is 1. The van der Waals surface area contributed by atoms with Crippen molar-refractivity contribution in [2.45, 2.75) is 20.3 Å². The average Bonchev–Trinajstić information content (AvgIpc) is 2.93. The van der Waals surface area contributed by atoms with Gasteiger partial charge < -0.3 is 4.90 Å². The molecule has 0 aromatic carbocycles. The third-order valence-electron chi connectivity index (χ3n) is 3.20. The molecule has 1 fully saturated rings. The number of aromatic nitrogens is 3. The van der Waals surface area contributed by atoms with Gasteiger partial charge in [0, 0.05) is 31.7 Å². The Kier molecular flexibility index (Phi) is 3.17. The molecule has 104 valence electrons. The van der Waals surface area contributed by atoms with Crippen LogP contribution in [-0.2, 0) is 4.79 Å². The van der Waals surface area contributed by atoms with Gasteiger partial charge in [0.1, 0.15) is 0 Å². The number of carbonyl (C=O) groups excluding carboxylic acids is 1. The summed E-state index contributed by atoms with van der Waals surface area (Å²) in [5, 5.41) is 4.62. The monoisotopic (exact) mass is 291 g/mol. The molecule has 0 N–H and O–H groups in total.